The van der Waals surface area contributed by atoms with Gasteiger partial charge >= 0.3 is 5.97 Å². The molecule has 1 N–H and O–H groups in total. The third-order valence-corrected chi connectivity index (χ3v) is 5.10. The minimum absolute atomic E-state index is 0.00863. The van der Waals surface area contributed by atoms with E-state index in [-0.39, 0.29) is 17.2 Å². The Bertz CT molecular complexity index is 903. The second-order valence-electron chi connectivity index (χ2n) is 6.11. The van der Waals surface area contributed by atoms with E-state index in [1.807, 2.05) is 0 Å². The fraction of sp³-hybridized carbons (Fsp3) is 0.286. The van der Waals surface area contributed by atoms with Crippen molar-refractivity contribution >= 4 is 35.1 Å². The lowest BCUT2D eigenvalue weighted by atomic mass is 10.1. The standard InChI is InChI=1S/C21H22FNO6S/c1-13(30-12-20(25)23-15-6-4-14(22)5-7-15)21(26)29-11-18(24)17-10-16(27-2)8-9-19(17)28-3/h4-10,13H,11-12H2,1-3H3,(H,23,25). The molecule has 0 aliphatic rings. The van der Waals surface area contributed by atoms with Gasteiger partial charge in [-0.3, -0.25) is 14.4 Å². The molecule has 0 saturated heterocycles. The highest BCUT2D eigenvalue weighted by atomic mass is 32.2. The number of nitrogens with one attached hydrogen (secondary N) is 1. The molecule has 0 aromatic heterocycles. The van der Waals surface area contributed by atoms with Crippen LogP contribution in [-0.2, 0) is 14.3 Å². The summed E-state index contributed by atoms with van der Waals surface area (Å²) < 4.78 is 28.2. The van der Waals surface area contributed by atoms with Crippen molar-refractivity contribution in [3.05, 3.63) is 53.8 Å². The van der Waals surface area contributed by atoms with Gasteiger partial charge in [-0.05, 0) is 49.4 Å². The lowest BCUT2D eigenvalue weighted by Crippen LogP contribution is -2.24. The average molecular weight is 435 g/mol. The molecule has 30 heavy (non-hydrogen) atoms. The summed E-state index contributed by atoms with van der Waals surface area (Å²) in [7, 11) is 2.90. The molecular weight excluding hydrogens is 413 g/mol. The van der Waals surface area contributed by atoms with Gasteiger partial charge in [0.05, 0.1) is 25.5 Å². The normalized spacial score (nSPS) is 11.3. The van der Waals surface area contributed by atoms with Crippen LogP contribution < -0.4 is 14.8 Å². The van der Waals surface area contributed by atoms with Crippen molar-refractivity contribution < 1.29 is 33.0 Å². The molecule has 0 heterocycles. The van der Waals surface area contributed by atoms with Crippen molar-refractivity contribution in [2.75, 3.05) is 31.9 Å². The van der Waals surface area contributed by atoms with Crippen LogP contribution in [0.15, 0.2) is 42.5 Å². The number of methoxy groups -OCH3 is 2. The Morgan fingerprint density at radius 2 is 1.77 bits per heavy atom. The molecule has 0 spiro atoms. The van der Waals surface area contributed by atoms with Crippen molar-refractivity contribution in [2.45, 2.75) is 12.2 Å². The molecule has 1 atom stereocenters. The zero-order valence-electron chi connectivity index (χ0n) is 16.8. The summed E-state index contributed by atoms with van der Waals surface area (Å²) in [5, 5.41) is 1.94. The van der Waals surface area contributed by atoms with Gasteiger partial charge in [-0.15, -0.1) is 11.8 Å². The maximum Gasteiger partial charge on any atom is 0.319 e. The number of anilines is 1. The predicted molar refractivity (Wildman–Crippen MR) is 112 cm³/mol. The quantitative estimate of drug-likeness (QED) is 0.452. The molecule has 1 amide bonds. The monoisotopic (exact) mass is 435 g/mol. The highest BCUT2D eigenvalue weighted by Gasteiger charge is 2.20. The lowest BCUT2D eigenvalue weighted by molar-refractivity contribution is -0.141. The zero-order valence-corrected chi connectivity index (χ0v) is 17.6. The number of carbonyl (C=O) groups is 3. The molecule has 0 fully saturated rings. The number of hydrogen-bond donors (Lipinski definition) is 1. The number of ketones is 1. The smallest absolute Gasteiger partial charge is 0.319 e. The molecule has 0 aliphatic heterocycles. The second kappa shape index (κ2) is 11.2. The van der Waals surface area contributed by atoms with Crippen LogP contribution in [0.25, 0.3) is 0 Å². The van der Waals surface area contributed by atoms with E-state index in [0.29, 0.717) is 17.2 Å². The van der Waals surface area contributed by atoms with Gasteiger partial charge < -0.3 is 19.5 Å². The zero-order chi connectivity index (χ0) is 22.1. The summed E-state index contributed by atoms with van der Waals surface area (Å²) in [5.74, 6) is -0.998. The highest BCUT2D eigenvalue weighted by Crippen LogP contribution is 2.24. The minimum Gasteiger partial charge on any atom is -0.497 e. The van der Waals surface area contributed by atoms with Gasteiger partial charge in [0.15, 0.2) is 6.61 Å². The molecule has 0 bridgehead atoms. The number of thioether (sulfide) groups is 1. The maximum atomic E-state index is 12.9. The van der Waals surface area contributed by atoms with Crippen molar-refractivity contribution in [2.24, 2.45) is 0 Å². The maximum absolute atomic E-state index is 12.9. The van der Waals surface area contributed by atoms with Crippen molar-refractivity contribution in [1.29, 1.82) is 0 Å². The molecule has 160 valence electrons. The summed E-state index contributed by atoms with van der Waals surface area (Å²) >= 11 is 1.06. The fourth-order valence-corrected chi connectivity index (χ4v) is 3.04. The number of carbonyl (C=O) groups excluding carboxylic acids is 3. The van der Waals surface area contributed by atoms with Crippen molar-refractivity contribution in [1.82, 2.24) is 0 Å². The third-order valence-electron chi connectivity index (χ3n) is 3.98. The van der Waals surface area contributed by atoms with Gasteiger partial charge in [-0.1, -0.05) is 0 Å². The molecule has 0 radical (unpaired) electrons. The van der Waals surface area contributed by atoms with E-state index in [9.17, 15) is 18.8 Å². The van der Waals surface area contributed by atoms with Crippen LogP contribution >= 0.6 is 11.8 Å². The summed E-state index contributed by atoms with van der Waals surface area (Å²) in [6.07, 6.45) is 0. The first kappa shape index (κ1) is 23.2. The SMILES string of the molecule is COc1ccc(OC)c(C(=O)COC(=O)C(C)SCC(=O)Nc2ccc(F)cc2)c1. The van der Waals surface area contributed by atoms with Gasteiger partial charge in [0.2, 0.25) is 11.7 Å². The number of esters is 1. The van der Waals surface area contributed by atoms with Gasteiger partial charge in [0.25, 0.3) is 0 Å². The van der Waals surface area contributed by atoms with Crippen LogP contribution in [0.3, 0.4) is 0 Å². The van der Waals surface area contributed by atoms with Crippen LogP contribution in [-0.4, -0.2) is 49.5 Å². The van der Waals surface area contributed by atoms with E-state index in [0.717, 1.165) is 11.8 Å². The first-order valence-electron chi connectivity index (χ1n) is 8.93. The highest BCUT2D eigenvalue weighted by molar-refractivity contribution is 8.01. The number of amides is 1. The molecular formula is C21H22FNO6S. The van der Waals surface area contributed by atoms with E-state index < -0.39 is 29.4 Å². The number of Topliss-reactive ketones (excluding diaryl/α,β-unsaturated/α-hetero) is 1. The van der Waals surface area contributed by atoms with Crippen LogP contribution in [0, 0.1) is 5.82 Å². The molecule has 1 unspecified atom stereocenters. The Morgan fingerprint density at radius 1 is 1.07 bits per heavy atom. The summed E-state index contributed by atoms with van der Waals surface area (Å²) in [6.45, 7) is 1.11. The van der Waals surface area contributed by atoms with Gasteiger partial charge in [-0.2, -0.15) is 0 Å². The van der Waals surface area contributed by atoms with Crippen molar-refractivity contribution in [3.8, 4) is 11.5 Å². The molecule has 0 aliphatic carbocycles. The van der Waals surface area contributed by atoms with E-state index in [4.69, 9.17) is 14.2 Å². The Hall–Kier alpha value is -3.07. The Labute approximate surface area is 177 Å². The summed E-state index contributed by atoms with van der Waals surface area (Å²) in [5.41, 5.74) is 0.693. The fourth-order valence-electron chi connectivity index (χ4n) is 2.36. The van der Waals surface area contributed by atoms with E-state index >= 15 is 0 Å². The number of rotatable bonds is 10. The number of benzene rings is 2. The molecule has 7 nitrogen and oxygen atoms in total. The number of hydrogen-bond acceptors (Lipinski definition) is 7. The van der Waals surface area contributed by atoms with E-state index in [1.165, 1.54) is 44.6 Å². The van der Waals surface area contributed by atoms with Crippen molar-refractivity contribution in [3.63, 3.8) is 0 Å². The average Bonchev–Trinajstić information content (AvgIpc) is 2.76. The largest absolute Gasteiger partial charge is 0.497 e. The molecule has 2 rings (SSSR count). The first-order chi connectivity index (χ1) is 14.3. The topological polar surface area (TPSA) is 90.9 Å². The third kappa shape index (κ3) is 6.77. The first-order valence-corrected chi connectivity index (χ1v) is 9.97. The van der Waals surface area contributed by atoms with Crippen LogP contribution in [0.1, 0.15) is 17.3 Å². The van der Waals surface area contributed by atoms with Gasteiger partial charge in [0, 0.05) is 5.69 Å². The molecule has 0 saturated carbocycles. The number of ether oxygens (including phenoxy) is 3. The molecule has 2 aromatic rings. The van der Waals surface area contributed by atoms with Gasteiger partial charge in [0.1, 0.15) is 22.6 Å². The molecule has 9 heteroatoms. The summed E-state index contributed by atoms with van der Waals surface area (Å²) in [6, 6.07) is 10.1. The van der Waals surface area contributed by atoms with Gasteiger partial charge in [-0.25, -0.2) is 4.39 Å². The van der Waals surface area contributed by atoms with Crippen LogP contribution in [0.2, 0.25) is 0 Å². The predicted octanol–water partition coefficient (Wildman–Crippen LogP) is 3.33. The van der Waals surface area contributed by atoms with E-state index in [2.05, 4.69) is 5.32 Å². The lowest BCUT2D eigenvalue weighted by Gasteiger charge is -2.12. The number of halogens is 1. The van der Waals surface area contributed by atoms with E-state index in [1.54, 1.807) is 19.1 Å². The van der Waals surface area contributed by atoms with Crippen LogP contribution in [0.5, 0.6) is 11.5 Å². The Morgan fingerprint density at radius 3 is 2.40 bits per heavy atom. The van der Waals surface area contributed by atoms with Crippen LogP contribution in [0.4, 0.5) is 10.1 Å². The summed E-state index contributed by atoms with van der Waals surface area (Å²) in [4.78, 5) is 36.5. The Kier molecular flexibility index (Phi) is 8.67. The second-order valence-corrected chi connectivity index (χ2v) is 7.43. The minimum atomic E-state index is -0.663. The molecule has 2 aromatic carbocycles. The Balaban J connectivity index is 1.82.